The van der Waals surface area contributed by atoms with E-state index < -0.39 is 0 Å². The number of rotatable bonds is 4. The molecule has 4 heteroatoms. The van der Waals surface area contributed by atoms with Crippen LogP contribution in [0.25, 0.3) is 0 Å². The van der Waals surface area contributed by atoms with Crippen molar-refractivity contribution in [2.45, 2.75) is 19.8 Å². The standard InChI is InChI=1S/C15H21BrN2O/c1-12-13(6-5-7-14(12)16)15(19)17(2)10-11-18-8-3-4-9-18/h5-7H,3-4,8-11H2,1-2H3. The van der Waals surface area contributed by atoms with E-state index in [4.69, 9.17) is 0 Å². The van der Waals surface area contributed by atoms with Crippen molar-refractivity contribution in [3.63, 3.8) is 0 Å². The molecular formula is C15H21BrN2O. The van der Waals surface area contributed by atoms with Crippen molar-refractivity contribution in [1.82, 2.24) is 9.80 Å². The molecule has 3 nitrogen and oxygen atoms in total. The van der Waals surface area contributed by atoms with Gasteiger partial charge in [-0.3, -0.25) is 4.79 Å². The van der Waals surface area contributed by atoms with Gasteiger partial charge in [-0.2, -0.15) is 0 Å². The summed E-state index contributed by atoms with van der Waals surface area (Å²) in [7, 11) is 1.89. The van der Waals surface area contributed by atoms with E-state index in [9.17, 15) is 4.79 Å². The van der Waals surface area contributed by atoms with Crippen LogP contribution in [-0.2, 0) is 0 Å². The van der Waals surface area contributed by atoms with Crippen LogP contribution in [0.1, 0.15) is 28.8 Å². The van der Waals surface area contributed by atoms with E-state index in [-0.39, 0.29) is 5.91 Å². The summed E-state index contributed by atoms with van der Waals surface area (Å²) in [6.07, 6.45) is 2.59. The van der Waals surface area contributed by atoms with E-state index in [2.05, 4.69) is 20.8 Å². The minimum absolute atomic E-state index is 0.109. The van der Waals surface area contributed by atoms with Gasteiger partial charge in [-0.25, -0.2) is 0 Å². The van der Waals surface area contributed by atoms with Gasteiger partial charge in [0.2, 0.25) is 0 Å². The first kappa shape index (κ1) is 14.5. The van der Waals surface area contributed by atoms with E-state index in [0.717, 1.165) is 28.7 Å². The van der Waals surface area contributed by atoms with Crippen LogP contribution in [0, 0.1) is 6.92 Å². The molecule has 0 N–H and O–H groups in total. The number of benzene rings is 1. The van der Waals surface area contributed by atoms with E-state index >= 15 is 0 Å². The SMILES string of the molecule is Cc1c(Br)cccc1C(=O)N(C)CCN1CCCC1. The fourth-order valence-electron chi connectivity index (χ4n) is 2.44. The van der Waals surface area contributed by atoms with E-state index in [1.807, 2.05) is 37.1 Å². The lowest BCUT2D eigenvalue weighted by molar-refractivity contribution is 0.0781. The summed E-state index contributed by atoms with van der Waals surface area (Å²) in [5.41, 5.74) is 1.80. The number of amides is 1. The lowest BCUT2D eigenvalue weighted by atomic mass is 10.1. The second-order valence-electron chi connectivity index (χ2n) is 5.19. The third-order valence-corrected chi connectivity index (χ3v) is 4.65. The largest absolute Gasteiger partial charge is 0.340 e. The molecule has 0 radical (unpaired) electrons. The van der Waals surface area contributed by atoms with Crippen LogP contribution < -0.4 is 0 Å². The Hall–Kier alpha value is -0.870. The van der Waals surface area contributed by atoms with Gasteiger partial charge in [0.15, 0.2) is 0 Å². The van der Waals surface area contributed by atoms with Crippen LogP contribution in [0.3, 0.4) is 0 Å². The van der Waals surface area contributed by atoms with Gasteiger partial charge in [0.25, 0.3) is 5.91 Å². The number of halogens is 1. The van der Waals surface area contributed by atoms with Crippen molar-refractivity contribution >= 4 is 21.8 Å². The summed E-state index contributed by atoms with van der Waals surface area (Å²) in [6.45, 7) is 6.11. The van der Waals surface area contributed by atoms with Gasteiger partial charge in [0.05, 0.1) is 0 Å². The van der Waals surface area contributed by atoms with Crippen LogP contribution >= 0.6 is 15.9 Å². The molecule has 1 saturated heterocycles. The zero-order valence-electron chi connectivity index (χ0n) is 11.7. The van der Waals surface area contributed by atoms with E-state index in [1.54, 1.807) is 0 Å². The molecule has 104 valence electrons. The van der Waals surface area contributed by atoms with E-state index in [0.29, 0.717) is 0 Å². The number of nitrogens with zero attached hydrogens (tertiary/aromatic N) is 2. The third kappa shape index (κ3) is 3.57. The lowest BCUT2D eigenvalue weighted by Gasteiger charge is -2.22. The summed E-state index contributed by atoms with van der Waals surface area (Å²) in [4.78, 5) is 16.7. The predicted octanol–water partition coefficient (Wildman–Crippen LogP) is 2.93. The molecule has 0 saturated carbocycles. The van der Waals surface area contributed by atoms with Crippen LogP contribution in [0.15, 0.2) is 22.7 Å². The molecule has 0 aliphatic carbocycles. The first-order valence-electron chi connectivity index (χ1n) is 6.82. The third-order valence-electron chi connectivity index (χ3n) is 3.80. The Bertz CT molecular complexity index is 455. The van der Waals surface area contributed by atoms with Gasteiger partial charge >= 0.3 is 0 Å². The van der Waals surface area contributed by atoms with Crippen molar-refractivity contribution < 1.29 is 4.79 Å². The topological polar surface area (TPSA) is 23.6 Å². The van der Waals surface area contributed by atoms with Gasteiger partial charge in [0, 0.05) is 30.2 Å². The Morgan fingerprint density at radius 3 is 2.74 bits per heavy atom. The average molecular weight is 325 g/mol. The summed E-state index contributed by atoms with van der Waals surface area (Å²) in [6, 6.07) is 5.78. The van der Waals surface area contributed by atoms with Gasteiger partial charge in [-0.15, -0.1) is 0 Å². The zero-order valence-corrected chi connectivity index (χ0v) is 13.2. The number of likely N-dealkylation sites (N-methyl/N-ethyl adjacent to an activating group) is 1. The molecular weight excluding hydrogens is 304 g/mol. The normalized spacial score (nSPS) is 15.7. The number of carbonyl (C=O) groups excluding carboxylic acids is 1. The average Bonchev–Trinajstić information content (AvgIpc) is 2.91. The van der Waals surface area contributed by atoms with Crippen molar-refractivity contribution in [2.24, 2.45) is 0 Å². The second-order valence-corrected chi connectivity index (χ2v) is 6.04. The first-order chi connectivity index (χ1) is 9.09. The van der Waals surface area contributed by atoms with Gasteiger partial charge < -0.3 is 9.80 Å². The summed E-state index contributed by atoms with van der Waals surface area (Å²) in [5.74, 6) is 0.109. The number of hydrogen-bond acceptors (Lipinski definition) is 2. The lowest BCUT2D eigenvalue weighted by Crippen LogP contribution is -2.35. The first-order valence-corrected chi connectivity index (χ1v) is 7.62. The molecule has 0 unspecified atom stereocenters. The molecule has 0 spiro atoms. The highest BCUT2D eigenvalue weighted by molar-refractivity contribution is 9.10. The predicted molar refractivity (Wildman–Crippen MR) is 81.5 cm³/mol. The van der Waals surface area contributed by atoms with Crippen molar-refractivity contribution in [3.05, 3.63) is 33.8 Å². The molecule has 1 aromatic carbocycles. The molecule has 1 amide bonds. The fraction of sp³-hybridized carbons (Fsp3) is 0.533. The summed E-state index contributed by atoms with van der Waals surface area (Å²) in [5, 5.41) is 0. The maximum Gasteiger partial charge on any atom is 0.253 e. The Morgan fingerprint density at radius 2 is 2.05 bits per heavy atom. The number of carbonyl (C=O) groups is 1. The van der Waals surface area contributed by atoms with E-state index in [1.165, 1.54) is 25.9 Å². The molecule has 1 aromatic rings. The quantitative estimate of drug-likeness (QED) is 0.850. The summed E-state index contributed by atoms with van der Waals surface area (Å²) < 4.78 is 0.992. The fourth-order valence-corrected chi connectivity index (χ4v) is 2.81. The number of likely N-dealkylation sites (tertiary alicyclic amines) is 1. The van der Waals surface area contributed by atoms with Crippen molar-refractivity contribution in [1.29, 1.82) is 0 Å². The maximum absolute atomic E-state index is 12.4. The van der Waals surface area contributed by atoms with Crippen molar-refractivity contribution in [2.75, 3.05) is 33.2 Å². The molecule has 1 heterocycles. The highest BCUT2D eigenvalue weighted by atomic mass is 79.9. The molecule has 1 aliphatic rings. The van der Waals surface area contributed by atoms with Gasteiger partial charge in [-0.05, 0) is 50.6 Å². The monoisotopic (exact) mass is 324 g/mol. The Labute approximate surface area is 123 Å². The van der Waals surface area contributed by atoms with Crippen LogP contribution in [-0.4, -0.2) is 48.9 Å². The molecule has 1 aliphatic heterocycles. The Morgan fingerprint density at radius 1 is 1.37 bits per heavy atom. The minimum Gasteiger partial charge on any atom is -0.340 e. The van der Waals surface area contributed by atoms with Crippen molar-refractivity contribution in [3.8, 4) is 0 Å². The smallest absolute Gasteiger partial charge is 0.253 e. The molecule has 1 fully saturated rings. The van der Waals surface area contributed by atoms with Gasteiger partial charge in [0.1, 0.15) is 0 Å². The highest BCUT2D eigenvalue weighted by Gasteiger charge is 2.17. The Balaban J connectivity index is 1.96. The minimum atomic E-state index is 0.109. The Kier molecular flexibility index (Phi) is 4.99. The van der Waals surface area contributed by atoms with Gasteiger partial charge in [-0.1, -0.05) is 22.0 Å². The number of hydrogen-bond donors (Lipinski definition) is 0. The second kappa shape index (κ2) is 6.53. The summed E-state index contributed by atoms with van der Waals surface area (Å²) >= 11 is 3.48. The molecule has 0 bridgehead atoms. The van der Waals surface area contributed by atoms with Crippen LogP contribution in [0.2, 0.25) is 0 Å². The zero-order chi connectivity index (χ0) is 13.8. The molecule has 19 heavy (non-hydrogen) atoms. The maximum atomic E-state index is 12.4. The van der Waals surface area contributed by atoms with Crippen LogP contribution in [0.5, 0.6) is 0 Å². The molecule has 0 aromatic heterocycles. The molecule has 0 atom stereocenters. The highest BCUT2D eigenvalue weighted by Crippen LogP contribution is 2.20. The molecule has 2 rings (SSSR count). The van der Waals surface area contributed by atoms with Crippen LogP contribution in [0.4, 0.5) is 0 Å².